The molecule has 200 valence electrons. The molecule has 1 unspecified atom stereocenters. The Morgan fingerprint density at radius 1 is 0.886 bits per heavy atom. The van der Waals surface area contributed by atoms with E-state index in [1.54, 1.807) is 0 Å². The maximum absolute atomic E-state index is 6.82. The summed E-state index contributed by atoms with van der Waals surface area (Å²) in [4.78, 5) is 0. The Kier molecular flexibility index (Phi) is 16.2. The molecule has 0 radical (unpaired) electrons. The van der Waals surface area contributed by atoms with Crippen LogP contribution in [-0.2, 0) is 16.1 Å². The van der Waals surface area contributed by atoms with Crippen LogP contribution in [0.25, 0.3) is 0 Å². The molecule has 0 spiro atoms. The second-order valence-electron chi connectivity index (χ2n) is 12.1. The van der Waals surface area contributed by atoms with Crippen molar-refractivity contribution in [2.45, 2.75) is 131 Å². The van der Waals surface area contributed by atoms with Gasteiger partial charge in [0.1, 0.15) is 0 Å². The van der Waals surface area contributed by atoms with Crippen molar-refractivity contribution < 1.29 is 9.47 Å². The Labute approximate surface area is 224 Å². The zero-order valence-corrected chi connectivity index (χ0v) is 28.3. The topological polar surface area (TPSA) is 18.5 Å². The van der Waals surface area contributed by atoms with Gasteiger partial charge in [-0.2, -0.15) is 0 Å². The Bertz CT molecular complexity index is 708. The molecule has 1 rings (SSSR count). The van der Waals surface area contributed by atoms with Gasteiger partial charge in [-0.15, -0.1) is 0 Å². The summed E-state index contributed by atoms with van der Waals surface area (Å²) < 4.78 is 18.4. The Balaban J connectivity index is 2.96. The fourth-order valence-electron chi connectivity index (χ4n) is 4.12. The third kappa shape index (κ3) is 13.2. The molecule has 1 aromatic rings. The first-order valence-corrected chi connectivity index (χ1v) is 25.4. The molecule has 4 heteroatoms. The minimum atomic E-state index is -2.35. The molecule has 0 bridgehead atoms. The van der Waals surface area contributed by atoms with E-state index in [1.807, 2.05) is 0 Å². The van der Waals surface area contributed by atoms with Crippen molar-refractivity contribution in [1.82, 2.24) is 0 Å². The molecule has 2 nitrogen and oxygen atoms in total. The van der Waals surface area contributed by atoms with E-state index in [1.165, 1.54) is 57.4 Å². The SMILES string of the molecule is CCC[CH2][Sn]([CH2]CCC)([CH2]CCC)[CH2]OC(C#C[Si](C)(C)C(C)(C)C)CCOCc1ccccc1. The number of ether oxygens (including phenoxy) is 2. The summed E-state index contributed by atoms with van der Waals surface area (Å²) in [6.45, 7) is 20.2. The van der Waals surface area contributed by atoms with Crippen LogP contribution in [0.4, 0.5) is 0 Å². The molecular formula is C31H56O2SiSn. The molecule has 0 saturated heterocycles. The van der Waals surface area contributed by atoms with E-state index < -0.39 is 26.5 Å². The fraction of sp³-hybridized carbons (Fsp3) is 0.742. The van der Waals surface area contributed by atoms with Crippen LogP contribution in [0.5, 0.6) is 0 Å². The Morgan fingerprint density at radius 3 is 1.91 bits per heavy atom. The molecule has 1 atom stereocenters. The molecule has 0 aliphatic carbocycles. The zero-order valence-electron chi connectivity index (χ0n) is 24.5. The number of benzene rings is 1. The first kappa shape index (κ1) is 32.7. The molecular weight excluding hydrogens is 551 g/mol. The summed E-state index contributed by atoms with van der Waals surface area (Å²) in [5, 5.41) is 0.265. The second kappa shape index (κ2) is 17.3. The van der Waals surface area contributed by atoms with Crippen LogP contribution in [0.2, 0.25) is 31.4 Å². The van der Waals surface area contributed by atoms with E-state index in [0.717, 1.165) is 11.0 Å². The number of unbranched alkanes of at least 4 members (excludes halogenated alkanes) is 3. The molecule has 0 N–H and O–H groups in total. The van der Waals surface area contributed by atoms with Gasteiger partial charge in [-0.05, 0) is 0 Å². The van der Waals surface area contributed by atoms with Crippen molar-refractivity contribution in [3.63, 3.8) is 0 Å². The van der Waals surface area contributed by atoms with E-state index in [-0.39, 0.29) is 11.1 Å². The predicted molar refractivity (Wildman–Crippen MR) is 160 cm³/mol. The summed E-state index contributed by atoms with van der Waals surface area (Å²) >= 11 is -2.35. The number of hydrogen-bond acceptors (Lipinski definition) is 2. The third-order valence-electron chi connectivity index (χ3n) is 7.83. The van der Waals surface area contributed by atoms with E-state index in [0.29, 0.717) is 13.2 Å². The summed E-state index contributed by atoms with van der Waals surface area (Å²) in [6, 6.07) is 10.5. The van der Waals surface area contributed by atoms with Gasteiger partial charge in [0.05, 0.1) is 0 Å². The second-order valence-corrected chi connectivity index (χ2v) is 30.7. The van der Waals surface area contributed by atoms with Crippen LogP contribution < -0.4 is 0 Å². The third-order valence-corrected chi connectivity index (χ3v) is 26.7. The molecule has 0 aliphatic rings. The molecule has 0 saturated carbocycles. The average molecular weight is 608 g/mol. The van der Waals surface area contributed by atoms with Crippen LogP contribution in [-0.4, -0.2) is 43.8 Å². The summed E-state index contributed by atoms with van der Waals surface area (Å²) in [6.07, 6.45) is 8.93. The van der Waals surface area contributed by atoms with Crippen molar-refractivity contribution in [3.05, 3.63) is 35.9 Å². The molecule has 35 heavy (non-hydrogen) atoms. The molecule has 0 fully saturated rings. The van der Waals surface area contributed by atoms with Gasteiger partial charge in [0.2, 0.25) is 0 Å². The van der Waals surface area contributed by atoms with Gasteiger partial charge in [0.15, 0.2) is 0 Å². The maximum atomic E-state index is 6.82. The zero-order chi connectivity index (χ0) is 26.2. The first-order chi connectivity index (χ1) is 16.6. The molecule has 0 aliphatic heterocycles. The van der Waals surface area contributed by atoms with Crippen LogP contribution >= 0.6 is 0 Å². The van der Waals surface area contributed by atoms with Crippen molar-refractivity contribution in [2.24, 2.45) is 0 Å². The van der Waals surface area contributed by atoms with Crippen molar-refractivity contribution in [3.8, 4) is 11.5 Å². The number of hydrogen-bond donors (Lipinski definition) is 0. The van der Waals surface area contributed by atoms with E-state index >= 15 is 0 Å². The van der Waals surface area contributed by atoms with Gasteiger partial charge in [0.25, 0.3) is 0 Å². The van der Waals surface area contributed by atoms with Gasteiger partial charge >= 0.3 is 225 Å². The van der Waals surface area contributed by atoms with E-state index in [9.17, 15) is 0 Å². The van der Waals surface area contributed by atoms with Crippen LogP contribution in [0.15, 0.2) is 30.3 Å². The molecule has 0 heterocycles. The summed E-state index contributed by atoms with van der Waals surface area (Å²) in [5.74, 6) is 3.65. The van der Waals surface area contributed by atoms with E-state index in [4.69, 9.17) is 9.47 Å². The quantitative estimate of drug-likeness (QED) is 0.0998. The Hall–Kier alpha value is -0.284. The van der Waals surface area contributed by atoms with Crippen LogP contribution in [0.1, 0.15) is 92.1 Å². The summed E-state index contributed by atoms with van der Waals surface area (Å²) in [7, 11) is -1.67. The van der Waals surface area contributed by atoms with Gasteiger partial charge < -0.3 is 0 Å². The molecule has 0 aromatic heterocycles. The minimum absolute atomic E-state index is 0.000790. The molecule has 0 amide bonds. The predicted octanol–water partition coefficient (Wildman–Crippen LogP) is 9.42. The first-order valence-electron chi connectivity index (χ1n) is 14.3. The van der Waals surface area contributed by atoms with Gasteiger partial charge in [-0.3, -0.25) is 0 Å². The Morgan fingerprint density at radius 2 is 1.43 bits per heavy atom. The van der Waals surface area contributed by atoms with Crippen molar-refractivity contribution in [1.29, 1.82) is 0 Å². The van der Waals surface area contributed by atoms with Gasteiger partial charge in [-0.25, -0.2) is 0 Å². The molecule has 1 aromatic carbocycles. The number of rotatable bonds is 17. The van der Waals surface area contributed by atoms with Crippen molar-refractivity contribution in [2.75, 3.05) is 11.2 Å². The van der Waals surface area contributed by atoms with E-state index in [2.05, 4.69) is 96.4 Å². The standard InChI is InChI=1S/C19H29O2Si.3C4H9.Sn/c1-19(2,3)22(5,6)15-13-18(20-4)12-14-21-16-17-10-8-7-9-11-17;3*1-3-4-2;/h7-11,18H,4,12,14,16H2,1-3,5-6H3;3*1,3-4H2,2H3;. The van der Waals surface area contributed by atoms with Gasteiger partial charge in [-0.1, -0.05) is 0 Å². The van der Waals surface area contributed by atoms with Crippen LogP contribution in [0, 0.1) is 11.5 Å². The van der Waals surface area contributed by atoms with Crippen LogP contribution in [0.3, 0.4) is 0 Å². The van der Waals surface area contributed by atoms with Gasteiger partial charge in [0, 0.05) is 0 Å². The fourth-order valence-corrected chi connectivity index (χ4v) is 19.4. The normalized spacial score (nSPS) is 13.4. The average Bonchev–Trinajstić information content (AvgIpc) is 2.83. The summed E-state index contributed by atoms with van der Waals surface area (Å²) in [5.41, 5.74) is 4.98. The monoisotopic (exact) mass is 608 g/mol. The van der Waals surface area contributed by atoms with Crippen molar-refractivity contribution >= 4 is 26.5 Å².